The summed E-state index contributed by atoms with van der Waals surface area (Å²) in [6, 6.07) is 18.8. The molecule has 1 heterocycles. The minimum absolute atomic E-state index is 0.106. The summed E-state index contributed by atoms with van der Waals surface area (Å²) < 4.78 is 14.4. The maximum Gasteiger partial charge on any atom is 0.234 e. The van der Waals surface area contributed by atoms with E-state index in [1.807, 2.05) is 30.3 Å². The highest BCUT2D eigenvalue weighted by Gasteiger charge is 2.33. The Balaban J connectivity index is 1.62. The van der Waals surface area contributed by atoms with Crippen LogP contribution in [0.15, 0.2) is 75.8 Å². The van der Waals surface area contributed by atoms with E-state index in [1.165, 1.54) is 11.8 Å². The molecule has 0 radical (unpaired) electrons. The molecule has 37 heavy (non-hydrogen) atoms. The maximum absolute atomic E-state index is 12.8. The molecule has 6 nitrogen and oxygen atoms in total. The Kier molecular flexibility index (Phi) is 8.87. The van der Waals surface area contributed by atoms with Crippen LogP contribution in [0.4, 0.5) is 5.69 Å². The number of amides is 1. The molecule has 192 valence electrons. The van der Waals surface area contributed by atoms with E-state index in [2.05, 4.69) is 41.5 Å². The lowest BCUT2D eigenvalue weighted by molar-refractivity contribution is -0.113. The molecule has 0 aromatic heterocycles. The molecule has 3 aromatic carbocycles. The van der Waals surface area contributed by atoms with Crippen LogP contribution >= 0.6 is 35.0 Å². The molecule has 0 bridgehead atoms. The highest BCUT2D eigenvalue weighted by Crippen LogP contribution is 2.37. The average Bonchev–Trinajstić information content (AvgIpc) is 3.28. The number of benzene rings is 3. The molecular formula is C27H26Cl2N4O2S2. The number of halogens is 2. The van der Waals surface area contributed by atoms with Gasteiger partial charge in [0.25, 0.3) is 0 Å². The lowest BCUT2D eigenvalue weighted by Gasteiger charge is -2.21. The van der Waals surface area contributed by atoms with Crippen molar-refractivity contribution in [1.82, 2.24) is 4.31 Å². The quantitative estimate of drug-likeness (QED) is 0.352. The first kappa shape index (κ1) is 27.5. The van der Waals surface area contributed by atoms with Crippen LogP contribution in [0.2, 0.25) is 10.0 Å². The zero-order chi connectivity index (χ0) is 26.7. The fraction of sp³-hybridized carbons (Fsp3) is 0.222. The van der Waals surface area contributed by atoms with Gasteiger partial charge in [-0.3, -0.25) is 4.79 Å². The monoisotopic (exact) mass is 572 g/mol. The fourth-order valence-electron chi connectivity index (χ4n) is 4.12. The molecule has 1 aliphatic rings. The third-order valence-corrected chi connectivity index (χ3v) is 8.82. The van der Waals surface area contributed by atoms with Crippen molar-refractivity contribution < 1.29 is 9.00 Å². The number of nitrogens with zero attached hydrogens (tertiary/aromatic N) is 3. The van der Waals surface area contributed by atoms with Crippen LogP contribution in [0.3, 0.4) is 0 Å². The van der Waals surface area contributed by atoms with Gasteiger partial charge in [-0.05, 0) is 68.9 Å². The van der Waals surface area contributed by atoms with Gasteiger partial charge in [0.2, 0.25) is 5.91 Å². The Hall–Kier alpha value is -2.49. The minimum atomic E-state index is -1.29. The predicted octanol–water partition coefficient (Wildman–Crippen LogP) is 6.47. The molecule has 0 spiro atoms. The lowest BCUT2D eigenvalue weighted by atomic mass is 9.86. The van der Waals surface area contributed by atoms with Crippen molar-refractivity contribution in [3.05, 3.63) is 93.0 Å². The van der Waals surface area contributed by atoms with E-state index in [4.69, 9.17) is 23.2 Å². The van der Waals surface area contributed by atoms with E-state index < -0.39 is 11.0 Å². The first-order chi connectivity index (χ1) is 17.7. The number of para-hydroxylation sites is 1. The third-order valence-electron chi connectivity index (χ3n) is 5.85. The smallest absolute Gasteiger partial charge is 0.234 e. The normalized spacial score (nSPS) is 15.9. The second-order valence-electron chi connectivity index (χ2n) is 8.68. The summed E-state index contributed by atoms with van der Waals surface area (Å²) in [5.74, 6) is -0.402. The highest BCUT2D eigenvalue weighted by molar-refractivity contribution is 8.14. The van der Waals surface area contributed by atoms with Gasteiger partial charge in [0.1, 0.15) is 16.0 Å². The molecule has 2 unspecified atom stereocenters. The number of anilines is 1. The van der Waals surface area contributed by atoms with E-state index in [1.54, 1.807) is 36.6 Å². The van der Waals surface area contributed by atoms with Gasteiger partial charge >= 0.3 is 0 Å². The summed E-state index contributed by atoms with van der Waals surface area (Å²) in [5, 5.41) is 13.3. The van der Waals surface area contributed by atoms with Crippen molar-refractivity contribution in [1.29, 1.82) is 0 Å². The van der Waals surface area contributed by atoms with Crippen LogP contribution in [0, 0.1) is 13.8 Å². The van der Waals surface area contributed by atoms with E-state index >= 15 is 0 Å². The number of thioether (sulfide) groups is 1. The first-order valence-electron chi connectivity index (χ1n) is 11.4. The van der Waals surface area contributed by atoms with Crippen molar-refractivity contribution in [2.75, 3.05) is 25.2 Å². The van der Waals surface area contributed by atoms with Crippen molar-refractivity contribution in [3.63, 3.8) is 0 Å². The van der Waals surface area contributed by atoms with Gasteiger partial charge in [0, 0.05) is 5.56 Å². The SMILES string of the molecule is Cc1cccc(C)c1C1C(SCC(=O)Nc2c(Cl)cccc2Cl)=NN=C1c1cccc(S(=O)N(C)C)c1. The van der Waals surface area contributed by atoms with Gasteiger partial charge in [-0.2, -0.15) is 5.10 Å². The predicted molar refractivity (Wildman–Crippen MR) is 157 cm³/mol. The standard InChI is InChI=1S/C27H26Cl2N4O2S2/c1-16-8-5-9-17(2)23(16)24-25(18-10-6-11-19(14-18)37(35)33(3)4)31-32-27(24)36-15-22(34)30-26-20(28)12-7-13-21(26)29/h5-14,24H,15H2,1-4H3,(H,30,34). The zero-order valence-corrected chi connectivity index (χ0v) is 23.9. The zero-order valence-electron chi connectivity index (χ0n) is 20.8. The van der Waals surface area contributed by atoms with Crippen LogP contribution in [0.5, 0.6) is 0 Å². The van der Waals surface area contributed by atoms with Crippen LogP contribution in [-0.4, -0.2) is 45.0 Å². The molecule has 0 aliphatic carbocycles. The topological polar surface area (TPSA) is 74.1 Å². The molecule has 4 rings (SSSR count). The number of aryl methyl sites for hydroxylation is 2. The lowest BCUT2D eigenvalue weighted by Crippen LogP contribution is -2.22. The molecule has 1 amide bonds. The molecule has 3 aromatic rings. The molecule has 0 fully saturated rings. The summed E-state index contributed by atoms with van der Waals surface area (Å²) >= 11 is 13.7. The van der Waals surface area contributed by atoms with Crippen molar-refractivity contribution >= 4 is 68.3 Å². The van der Waals surface area contributed by atoms with E-state index in [0.29, 0.717) is 25.7 Å². The summed E-state index contributed by atoms with van der Waals surface area (Å²) in [4.78, 5) is 13.5. The number of rotatable bonds is 7. The molecule has 2 atom stereocenters. The maximum atomic E-state index is 12.8. The summed E-state index contributed by atoms with van der Waals surface area (Å²) in [6.45, 7) is 4.12. The molecule has 0 saturated heterocycles. The Morgan fingerprint density at radius 1 is 1.00 bits per heavy atom. The van der Waals surface area contributed by atoms with Crippen molar-refractivity contribution in [3.8, 4) is 0 Å². The van der Waals surface area contributed by atoms with Crippen LogP contribution in [0.25, 0.3) is 0 Å². The second-order valence-corrected chi connectivity index (χ2v) is 12.2. The van der Waals surface area contributed by atoms with Crippen molar-refractivity contribution in [2.45, 2.75) is 24.7 Å². The molecule has 10 heteroatoms. The van der Waals surface area contributed by atoms with Gasteiger partial charge in [0.15, 0.2) is 0 Å². The third kappa shape index (κ3) is 6.16. The largest absolute Gasteiger partial charge is 0.323 e. The van der Waals surface area contributed by atoms with Crippen LogP contribution < -0.4 is 5.32 Å². The van der Waals surface area contributed by atoms with Gasteiger partial charge < -0.3 is 5.32 Å². The fourth-order valence-corrected chi connectivity index (χ4v) is 6.30. The van der Waals surface area contributed by atoms with Gasteiger partial charge in [-0.1, -0.05) is 71.4 Å². The number of hydrogen-bond acceptors (Lipinski definition) is 5. The molecule has 1 aliphatic heterocycles. The summed E-state index contributed by atoms with van der Waals surface area (Å²) in [7, 11) is 2.25. The van der Waals surface area contributed by atoms with E-state index in [-0.39, 0.29) is 17.6 Å². The van der Waals surface area contributed by atoms with Gasteiger partial charge in [0.05, 0.1) is 38.0 Å². The average molecular weight is 574 g/mol. The number of carbonyl (C=O) groups is 1. The number of hydrogen-bond donors (Lipinski definition) is 1. The van der Waals surface area contributed by atoms with Crippen LogP contribution in [0.1, 0.15) is 28.2 Å². The van der Waals surface area contributed by atoms with Gasteiger partial charge in [-0.25, -0.2) is 8.51 Å². The molecule has 1 N–H and O–H groups in total. The van der Waals surface area contributed by atoms with E-state index in [9.17, 15) is 9.00 Å². The summed E-state index contributed by atoms with van der Waals surface area (Å²) in [6.07, 6.45) is 0. The Bertz CT molecular complexity index is 1400. The number of carbonyl (C=O) groups excluding carboxylic acids is 1. The summed E-state index contributed by atoms with van der Waals surface area (Å²) in [5.41, 5.74) is 5.29. The van der Waals surface area contributed by atoms with Gasteiger partial charge in [-0.15, -0.1) is 5.10 Å². The van der Waals surface area contributed by atoms with Crippen molar-refractivity contribution in [2.24, 2.45) is 10.2 Å². The first-order valence-corrected chi connectivity index (χ1v) is 14.3. The number of nitrogens with one attached hydrogen (secondary N) is 1. The molecule has 0 saturated carbocycles. The molecular weight excluding hydrogens is 547 g/mol. The Morgan fingerprint density at radius 3 is 2.27 bits per heavy atom. The minimum Gasteiger partial charge on any atom is -0.323 e. The Labute approximate surface area is 233 Å². The van der Waals surface area contributed by atoms with E-state index in [0.717, 1.165) is 28.0 Å². The van der Waals surface area contributed by atoms with Crippen LogP contribution in [-0.2, 0) is 15.8 Å². The second kappa shape index (κ2) is 11.9. The Morgan fingerprint density at radius 2 is 1.62 bits per heavy atom. The highest BCUT2D eigenvalue weighted by atomic mass is 35.5.